The maximum atomic E-state index is 11.7. The summed E-state index contributed by atoms with van der Waals surface area (Å²) in [5, 5.41) is 5.01. The summed E-state index contributed by atoms with van der Waals surface area (Å²) in [5.74, 6) is 0.791. The molecule has 0 saturated carbocycles. The van der Waals surface area contributed by atoms with E-state index in [4.69, 9.17) is 9.47 Å². The number of H-pyrrole nitrogens is 1. The maximum Gasteiger partial charge on any atom is 0.407 e. The fourth-order valence-corrected chi connectivity index (χ4v) is 3.53. The van der Waals surface area contributed by atoms with Gasteiger partial charge in [0.05, 0.1) is 6.61 Å². The van der Waals surface area contributed by atoms with E-state index in [0.717, 1.165) is 38.8 Å². The fraction of sp³-hybridized carbons (Fsp3) is 0.280. The molecule has 2 heterocycles. The molecule has 2 N–H and O–H groups in total. The molecule has 1 amide bonds. The van der Waals surface area contributed by atoms with Crippen LogP contribution in [-0.4, -0.2) is 34.8 Å². The summed E-state index contributed by atoms with van der Waals surface area (Å²) in [5.41, 5.74) is 3.63. The zero-order valence-electron chi connectivity index (χ0n) is 18.1. The van der Waals surface area contributed by atoms with E-state index in [1.807, 2.05) is 63.4 Å². The number of fused-ring (bicyclic) bond motifs is 3. The van der Waals surface area contributed by atoms with Crippen LogP contribution in [0.25, 0.3) is 33.1 Å². The molecule has 0 radical (unpaired) electrons. The highest BCUT2D eigenvalue weighted by Crippen LogP contribution is 2.34. The first-order valence-corrected chi connectivity index (χ1v) is 10.5. The summed E-state index contributed by atoms with van der Waals surface area (Å²) in [6.45, 7) is 6.52. The smallest absolute Gasteiger partial charge is 0.407 e. The third kappa shape index (κ3) is 4.97. The van der Waals surface area contributed by atoms with Gasteiger partial charge in [0.2, 0.25) is 0 Å². The summed E-state index contributed by atoms with van der Waals surface area (Å²) < 4.78 is 11.1. The second kappa shape index (κ2) is 8.68. The molecule has 0 spiro atoms. The number of alkyl carbamates (subject to hydrolysis) is 1. The van der Waals surface area contributed by atoms with E-state index in [9.17, 15) is 4.79 Å². The van der Waals surface area contributed by atoms with Crippen molar-refractivity contribution < 1.29 is 14.3 Å². The van der Waals surface area contributed by atoms with Gasteiger partial charge in [0.1, 0.15) is 17.0 Å². The van der Waals surface area contributed by atoms with Gasteiger partial charge < -0.3 is 19.8 Å². The standard InChI is InChI=1S/C25H27N3O3/c1-25(2,3)31-24(29)27-13-7-15-30-18-9-6-8-17(16-18)19-12-14-26-23-22(19)20-10-4-5-11-21(20)28-23/h4-6,8-12,14,16H,7,13,15H2,1-3H3,(H,26,28)(H,27,29). The number of carbonyl (C=O) groups excluding carboxylic acids is 1. The van der Waals surface area contributed by atoms with Crippen LogP contribution in [0.2, 0.25) is 0 Å². The summed E-state index contributed by atoms with van der Waals surface area (Å²) in [6.07, 6.45) is 2.10. The molecular formula is C25H27N3O3. The quantitative estimate of drug-likeness (QED) is 0.396. The second-order valence-electron chi connectivity index (χ2n) is 8.41. The molecule has 0 fully saturated rings. The molecule has 0 unspecified atom stereocenters. The molecule has 2 aromatic heterocycles. The Labute approximate surface area is 181 Å². The number of benzene rings is 2. The molecule has 0 aliphatic rings. The highest BCUT2D eigenvalue weighted by molar-refractivity contribution is 6.12. The lowest BCUT2D eigenvalue weighted by molar-refractivity contribution is 0.0525. The Morgan fingerprint density at radius 2 is 1.94 bits per heavy atom. The van der Waals surface area contributed by atoms with Gasteiger partial charge in [-0.25, -0.2) is 9.78 Å². The Hall–Kier alpha value is -3.54. The minimum absolute atomic E-state index is 0.407. The molecule has 6 nitrogen and oxygen atoms in total. The molecule has 4 aromatic rings. The van der Waals surface area contributed by atoms with Crippen LogP contribution in [0.5, 0.6) is 5.75 Å². The van der Waals surface area contributed by atoms with Gasteiger partial charge in [-0.2, -0.15) is 0 Å². The number of amides is 1. The van der Waals surface area contributed by atoms with Crippen molar-refractivity contribution in [1.82, 2.24) is 15.3 Å². The average molecular weight is 418 g/mol. The third-order valence-electron chi connectivity index (χ3n) is 4.80. The number of rotatable bonds is 6. The monoisotopic (exact) mass is 417 g/mol. The normalized spacial score (nSPS) is 11.6. The lowest BCUT2D eigenvalue weighted by Crippen LogP contribution is -2.33. The number of pyridine rings is 1. The summed E-state index contributed by atoms with van der Waals surface area (Å²) >= 11 is 0. The maximum absolute atomic E-state index is 11.7. The van der Waals surface area contributed by atoms with E-state index in [1.54, 1.807) is 0 Å². The van der Waals surface area contributed by atoms with E-state index < -0.39 is 11.7 Å². The van der Waals surface area contributed by atoms with Gasteiger partial charge in [-0.1, -0.05) is 30.3 Å². The van der Waals surface area contributed by atoms with Crippen LogP contribution in [0.1, 0.15) is 27.2 Å². The van der Waals surface area contributed by atoms with E-state index in [1.165, 1.54) is 0 Å². The van der Waals surface area contributed by atoms with Crippen molar-refractivity contribution in [2.45, 2.75) is 32.8 Å². The van der Waals surface area contributed by atoms with Crippen LogP contribution in [0, 0.1) is 0 Å². The number of para-hydroxylation sites is 1. The van der Waals surface area contributed by atoms with Gasteiger partial charge in [0, 0.05) is 29.0 Å². The predicted octanol–water partition coefficient (Wildman–Crippen LogP) is 5.68. The van der Waals surface area contributed by atoms with Crippen LogP contribution in [-0.2, 0) is 4.74 Å². The topological polar surface area (TPSA) is 76.2 Å². The number of nitrogens with one attached hydrogen (secondary N) is 2. The van der Waals surface area contributed by atoms with E-state index >= 15 is 0 Å². The molecule has 31 heavy (non-hydrogen) atoms. The number of hydrogen-bond acceptors (Lipinski definition) is 4. The molecule has 2 aromatic carbocycles. The minimum atomic E-state index is -0.496. The van der Waals surface area contributed by atoms with Crippen LogP contribution in [0.15, 0.2) is 60.8 Å². The molecule has 4 rings (SSSR count). The average Bonchev–Trinajstić information content (AvgIpc) is 3.11. The Morgan fingerprint density at radius 3 is 2.77 bits per heavy atom. The molecule has 0 bridgehead atoms. The van der Waals surface area contributed by atoms with Crippen molar-refractivity contribution in [3.05, 3.63) is 60.8 Å². The van der Waals surface area contributed by atoms with Crippen molar-refractivity contribution >= 4 is 28.0 Å². The summed E-state index contributed by atoms with van der Waals surface area (Å²) in [6, 6.07) is 18.3. The van der Waals surface area contributed by atoms with Crippen molar-refractivity contribution in [3.8, 4) is 16.9 Å². The second-order valence-corrected chi connectivity index (χ2v) is 8.41. The molecule has 0 aliphatic carbocycles. The number of carbonyl (C=O) groups is 1. The van der Waals surface area contributed by atoms with Gasteiger partial charge in [-0.3, -0.25) is 0 Å². The van der Waals surface area contributed by atoms with Gasteiger partial charge >= 0.3 is 6.09 Å². The third-order valence-corrected chi connectivity index (χ3v) is 4.80. The molecular weight excluding hydrogens is 390 g/mol. The number of ether oxygens (including phenoxy) is 2. The van der Waals surface area contributed by atoms with Gasteiger partial charge in [-0.15, -0.1) is 0 Å². The lowest BCUT2D eigenvalue weighted by Gasteiger charge is -2.19. The largest absolute Gasteiger partial charge is 0.494 e. The Kier molecular flexibility index (Phi) is 5.80. The van der Waals surface area contributed by atoms with Gasteiger partial charge in [0.25, 0.3) is 0 Å². The zero-order valence-corrected chi connectivity index (χ0v) is 18.1. The van der Waals surface area contributed by atoms with Crippen LogP contribution >= 0.6 is 0 Å². The predicted molar refractivity (Wildman–Crippen MR) is 123 cm³/mol. The Morgan fingerprint density at radius 1 is 1.10 bits per heavy atom. The fourth-order valence-electron chi connectivity index (χ4n) is 3.53. The highest BCUT2D eigenvalue weighted by atomic mass is 16.6. The Bertz CT molecular complexity index is 1210. The van der Waals surface area contributed by atoms with Crippen LogP contribution < -0.4 is 10.1 Å². The Balaban J connectivity index is 1.43. The van der Waals surface area contributed by atoms with Crippen LogP contribution in [0.4, 0.5) is 4.79 Å². The van der Waals surface area contributed by atoms with E-state index in [2.05, 4.69) is 33.5 Å². The van der Waals surface area contributed by atoms with Crippen molar-refractivity contribution in [1.29, 1.82) is 0 Å². The summed E-state index contributed by atoms with van der Waals surface area (Å²) in [7, 11) is 0. The zero-order chi connectivity index (χ0) is 21.8. The molecule has 0 saturated heterocycles. The molecule has 160 valence electrons. The number of nitrogens with zero attached hydrogens (tertiary/aromatic N) is 1. The minimum Gasteiger partial charge on any atom is -0.494 e. The van der Waals surface area contributed by atoms with Gasteiger partial charge in [-0.05, 0) is 62.6 Å². The first-order valence-electron chi connectivity index (χ1n) is 10.5. The lowest BCUT2D eigenvalue weighted by atomic mass is 10.0. The SMILES string of the molecule is CC(C)(C)OC(=O)NCCCOc1cccc(-c2ccnc3[nH]c4ccccc4c23)c1. The first kappa shape index (κ1) is 20.7. The molecule has 6 heteroatoms. The van der Waals surface area contributed by atoms with Gasteiger partial charge in [0.15, 0.2) is 0 Å². The number of hydrogen-bond donors (Lipinski definition) is 2. The van der Waals surface area contributed by atoms with E-state index in [-0.39, 0.29) is 0 Å². The molecule has 0 aliphatic heterocycles. The van der Waals surface area contributed by atoms with Crippen LogP contribution in [0.3, 0.4) is 0 Å². The molecule has 0 atom stereocenters. The van der Waals surface area contributed by atoms with Crippen molar-refractivity contribution in [2.24, 2.45) is 0 Å². The number of aromatic amines is 1. The number of aromatic nitrogens is 2. The van der Waals surface area contributed by atoms with E-state index in [0.29, 0.717) is 19.6 Å². The van der Waals surface area contributed by atoms with Crippen molar-refractivity contribution in [3.63, 3.8) is 0 Å². The highest BCUT2D eigenvalue weighted by Gasteiger charge is 2.15. The first-order chi connectivity index (χ1) is 14.9. The summed E-state index contributed by atoms with van der Waals surface area (Å²) in [4.78, 5) is 19.6. The van der Waals surface area contributed by atoms with Crippen molar-refractivity contribution in [2.75, 3.05) is 13.2 Å².